The van der Waals surface area contributed by atoms with Crippen LogP contribution in [0, 0.1) is 0 Å². The average molecular weight is 261 g/mol. The predicted octanol–water partition coefficient (Wildman–Crippen LogP) is 4.22. The fourth-order valence-electron chi connectivity index (χ4n) is 2.95. The third-order valence-corrected chi connectivity index (χ3v) is 4.01. The van der Waals surface area contributed by atoms with Crippen LogP contribution in [-0.2, 0) is 0 Å². The smallest absolute Gasteiger partial charge is 0.104 e. The Kier molecular flexibility index (Phi) is 2.06. The van der Waals surface area contributed by atoms with Crippen molar-refractivity contribution in [1.82, 2.24) is 0 Å². The molecule has 4 aromatic carbocycles. The molecule has 0 spiro atoms. The van der Waals surface area contributed by atoms with Crippen LogP contribution in [0.4, 0.5) is 0 Å². The third kappa shape index (κ3) is 1.38. The molecule has 2 N–H and O–H groups in total. The number of rotatable bonds is 1. The summed E-state index contributed by atoms with van der Waals surface area (Å²) in [4.78, 5) is 0.456. The second-order valence-electron chi connectivity index (χ2n) is 4.83. The summed E-state index contributed by atoms with van der Waals surface area (Å²) in [6, 6.07) is 19.1. The zero-order chi connectivity index (χ0) is 13.0. The summed E-state index contributed by atoms with van der Waals surface area (Å²) in [6.45, 7) is 0. The first-order valence-corrected chi connectivity index (χ1v) is 6.63. The Hall–Kier alpha value is -2.19. The second kappa shape index (κ2) is 3.65. The minimum Gasteiger partial charge on any atom is -0.389 e. The van der Waals surface area contributed by atoms with Gasteiger partial charge in [-0.2, -0.15) is 0 Å². The standard InChI is InChI=1S/C17H11NS/c18-17(19)14-9-7-12-5-4-10-2-1-3-11-6-8-13(14)16(12)15(10)11/h1-9H,(H2,18,19). The van der Waals surface area contributed by atoms with Gasteiger partial charge in [0.15, 0.2) is 0 Å². The molecule has 19 heavy (non-hydrogen) atoms. The molecular weight excluding hydrogens is 250 g/mol. The van der Waals surface area contributed by atoms with Gasteiger partial charge in [-0.3, -0.25) is 0 Å². The van der Waals surface area contributed by atoms with Gasteiger partial charge in [-0.1, -0.05) is 66.8 Å². The summed E-state index contributed by atoms with van der Waals surface area (Å²) in [5.41, 5.74) is 6.80. The molecule has 90 valence electrons. The van der Waals surface area contributed by atoms with Gasteiger partial charge >= 0.3 is 0 Å². The maximum Gasteiger partial charge on any atom is 0.104 e. The molecule has 0 unspecified atom stereocenters. The van der Waals surface area contributed by atoms with Crippen LogP contribution in [0.25, 0.3) is 32.3 Å². The molecule has 2 heteroatoms. The van der Waals surface area contributed by atoms with Crippen molar-refractivity contribution in [3.63, 3.8) is 0 Å². The quantitative estimate of drug-likeness (QED) is 0.410. The van der Waals surface area contributed by atoms with E-state index in [0.717, 1.165) is 10.9 Å². The molecule has 0 amide bonds. The Balaban J connectivity index is 2.38. The van der Waals surface area contributed by atoms with Gasteiger partial charge in [0.25, 0.3) is 0 Å². The fourth-order valence-corrected chi connectivity index (χ4v) is 3.13. The lowest BCUT2D eigenvalue weighted by molar-refractivity contribution is 1.70. The van der Waals surface area contributed by atoms with E-state index in [1.54, 1.807) is 0 Å². The Bertz CT molecular complexity index is 924. The third-order valence-electron chi connectivity index (χ3n) is 3.79. The Morgan fingerprint density at radius 1 is 0.737 bits per heavy atom. The highest BCUT2D eigenvalue weighted by Crippen LogP contribution is 2.35. The molecule has 0 saturated heterocycles. The SMILES string of the molecule is NC(=S)c1ccc2ccc3cccc4ccc1c2c34. The lowest BCUT2D eigenvalue weighted by atomic mass is 9.92. The highest BCUT2D eigenvalue weighted by Gasteiger charge is 2.11. The van der Waals surface area contributed by atoms with Crippen LogP contribution in [0.15, 0.2) is 54.6 Å². The molecule has 0 aliphatic carbocycles. The monoisotopic (exact) mass is 261 g/mol. The van der Waals surface area contributed by atoms with Gasteiger partial charge in [0.1, 0.15) is 4.99 Å². The van der Waals surface area contributed by atoms with E-state index in [2.05, 4.69) is 48.5 Å². The average Bonchev–Trinajstić information content (AvgIpc) is 2.44. The topological polar surface area (TPSA) is 26.0 Å². The minimum absolute atomic E-state index is 0.456. The Morgan fingerprint density at radius 3 is 2.00 bits per heavy atom. The van der Waals surface area contributed by atoms with Crippen molar-refractivity contribution >= 4 is 49.5 Å². The summed E-state index contributed by atoms with van der Waals surface area (Å²) >= 11 is 5.17. The normalized spacial score (nSPS) is 11.6. The maximum absolute atomic E-state index is 5.84. The maximum atomic E-state index is 5.84. The van der Waals surface area contributed by atoms with Crippen molar-refractivity contribution in [3.8, 4) is 0 Å². The lowest BCUT2D eigenvalue weighted by Gasteiger charge is -2.13. The van der Waals surface area contributed by atoms with Crippen LogP contribution >= 0.6 is 12.2 Å². The molecule has 0 atom stereocenters. The van der Waals surface area contributed by atoms with Crippen LogP contribution < -0.4 is 5.73 Å². The molecule has 1 nitrogen and oxygen atoms in total. The Labute approximate surface area is 116 Å². The highest BCUT2D eigenvalue weighted by molar-refractivity contribution is 7.80. The van der Waals surface area contributed by atoms with Gasteiger partial charge in [0, 0.05) is 5.56 Å². The molecule has 0 fully saturated rings. The molecule has 0 bridgehead atoms. The van der Waals surface area contributed by atoms with Crippen LogP contribution in [-0.4, -0.2) is 4.99 Å². The largest absolute Gasteiger partial charge is 0.389 e. The van der Waals surface area contributed by atoms with Gasteiger partial charge < -0.3 is 5.73 Å². The van der Waals surface area contributed by atoms with E-state index in [0.29, 0.717) is 4.99 Å². The fraction of sp³-hybridized carbons (Fsp3) is 0. The van der Waals surface area contributed by atoms with Gasteiger partial charge in [-0.25, -0.2) is 0 Å². The van der Waals surface area contributed by atoms with E-state index in [4.69, 9.17) is 18.0 Å². The highest BCUT2D eigenvalue weighted by atomic mass is 32.1. The first kappa shape index (κ1) is 10.7. The van der Waals surface area contributed by atoms with Gasteiger partial charge in [0.05, 0.1) is 0 Å². The van der Waals surface area contributed by atoms with E-state index in [-0.39, 0.29) is 0 Å². The second-order valence-corrected chi connectivity index (χ2v) is 5.27. The van der Waals surface area contributed by atoms with Gasteiger partial charge in [-0.05, 0) is 32.3 Å². The van der Waals surface area contributed by atoms with Crippen molar-refractivity contribution in [2.75, 3.05) is 0 Å². The molecule has 4 rings (SSSR count). The number of thiocarbonyl (C=S) groups is 1. The number of nitrogens with two attached hydrogens (primary N) is 1. The van der Waals surface area contributed by atoms with E-state index in [9.17, 15) is 0 Å². The van der Waals surface area contributed by atoms with Crippen molar-refractivity contribution in [2.45, 2.75) is 0 Å². The first-order chi connectivity index (χ1) is 9.25. The molecule has 0 radical (unpaired) electrons. The van der Waals surface area contributed by atoms with Crippen molar-refractivity contribution in [2.24, 2.45) is 5.73 Å². The van der Waals surface area contributed by atoms with Crippen LogP contribution in [0.2, 0.25) is 0 Å². The van der Waals surface area contributed by atoms with E-state index in [1.165, 1.54) is 26.9 Å². The van der Waals surface area contributed by atoms with Crippen molar-refractivity contribution in [3.05, 3.63) is 60.2 Å². The molecule has 0 aliphatic heterocycles. The summed E-state index contributed by atoms with van der Waals surface area (Å²) in [5, 5.41) is 7.47. The molecule has 0 heterocycles. The first-order valence-electron chi connectivity index (χ1n) is 6.22. The van der Waals surface area contributed by atoms with E-state index >= 15 is 0 Å². The van der Waals surface area contributed by atoms with Crippen molar-refractivity contribution < 1.29 is 0 Å². The molecule has 0 aliphatic rings. The van der Waals surface area contributed by atoms with Gasteiger partial charge in [-0.15, -0.1) is 0 Å². The summed E-state index contributed by atoms with van der Waals surface area (Å²) in [6.07, 6.45) is 0. The summed E-state index contributed by atoms with van der Waals surface area (Å²) in [7, 11) is 0. The van der Waals surface area contributed by atoms with Crippen LogP contribution in [0.5, 0.6) is 0 Å². The Morgan fingerprint density at radius 2 is 1.32 bits per heavy atom. The van der Waals surface area contributed by atoms with E-state index in [1.807, 2.05) is 6.07 Å². The summed E-state index contributed by atoms with van der Waals surface area (Å²) < 4.78 is 0. The van der Waals surface area contributed by atoms with Crippen molar-refractivity contribution in [1.29, 1.82) is 0 Å². The molecular formula is C17H11NS. The molecule has 4 aromatic rings. The van der Waals surface area contributed by atoms with Crippen LogP contribution in [0.1, 0.15) is 5.56 Å². The van der Waals surface area contributed by atoms with Gasteiger partial charge in [0.2, 0.25) is 0 Å². The predicted molar refractivity (Wildman–Crippen MR) is 86.0 cm³/mol. The van der Waals surface area contributed by atoms with E-state index < -0.39 is 0 Å². The van der Waals surface area contributed by atoms with Crippen LogP contribution in [0.3, 0.4) is 0 Å². The zero-order valence-corrected chi connectivity index (χ0v) is 11.0. The number of hydrogen-bond donors (Lipinski definition) is 1. The number of benzene rings is 4. The molecule has 0 saturated carbocycles. The zero-order valence-electron chi connectivity index (χ0n) is 10.2. The minimum atomic E-state index is 0.456. The number of hydrogen-bond acceptors (Lipinski definition) is 1. The summed E-state index contributed by atoms with van der Waals surface area (Å²) in [5.74, 6) is 0. The lowest BCUT2D eigenvalue weighted by Crippen LogP contribution is -2.09. The molecule has 0 aromatic heterocycles.